The first-order valence-corrected chi connectivity index (χ1v) is 28.4. The van der Waals surface area contributed by atoms with Crippen LogP contribution in [0.15, 0.2) is 151 Å². The van der Waals surface area contributed by atoms with Crippen LogP contribution in [-0.4, -0.2) is 26.5 Å². The largest absolute Gasteiger partial charge is 0.457 e. The summed E-state index contributed by atoms with van der Waals surface area (Å²) < 4.78 is 9.92. The van der Waals surface area contributed by atoms with Crippen molar-refractivity contribution in [1.29, 1.82) is 0 Å². The van der Waals surface area contributed by atoms with E-state index in [-0.39, 0.29) is 22.2 Å². The van der Waals surface area contributed by atoms with E-state index in [2.05, 4.69) is 274 Å². The third-order valence-corrected chi connectivity index (χ3v) is 17.9. The molecule has 5 heteroatoms. The predicted octanol–water partition coefficient (Wildman–Crippen LogP) is 19.2. The lowest BCUT2D eigenvalue weighted by molar-refractivity contribution is 0.279. The Balaban J connectivity index is 1.18. The molecule has 0 fully saturated rings. The molecule has 4 heterocycles. The second-order valence-corrected chi connectivity index (χ2v) is 26.7. The number of ether oxygens (including phenoxy) is 1. The molecule has 5 nitrogen and oxygen atoms in total. The second-order valence-electron chi connectivity index (χ2n) is 26.7. The van der Waals surface area contributed by atoms with E-state index in [0.29, 0.717) is 5.92 Å². The monoisotopic (exact) mass is 1030 g/mol. The van der Waals surface area contributed by atoms with Crippen molar-refractivity contribution in [2.75, 3.05) is 4.90 Å². The molecule has 0 unspecified atom stereocenters. The number of amidine groups is 1. The molecule has 0 saturated carbocycles. The molecule has 0 saturated heterocycles. The molecule has 0 amide bonds. The Labute approximate surface area is 465 Å². The van der Waals surface area contributed by atoms with Gasteiger partial charge in [-0.05, 0) is 187 Å². The number of hydrogen-bond donors (Lipinski definition) is 0. The number of aliphatic imine (C=N–C) groups is 1. The lowest BCUT2D eigenvalue weighted by Gasteiger charge is -2.50. The normalized spacial score (nSPS) is 16.9. The van der Waals surface area contributed by atoms with Gasteiger partial charge in [0.15, 0.2) is 0 Å². The van der Waals surface area contributed by atoms with Gasteiger partial charge in [-0.15, -0.1) is 0 Å². The number of nitrogens with zero attached hydrogens (tertiary/aromatic N) is 4. The lowest BCUT2D eigenvalue weighted by atomic mass is 9.66. The van der Waals surface area contributed by atoms with E-state index in [1.54, 1.807) is 0 Å². The topological polar surface area (TPSA) is 42.6 Å². The maximum Gasteiger partial charge on any atom is 0.141 e. The van der Waals surface area contributed by atoms with Crippen molar-refractivity contribution in [2.45, 2.75) is 164 Å². The fourth-order valence-corrected chi connectivity index (χ4v) is 13.5. The number of aromatic nitrogens is 2. The Morgan fingerprint density at radius 2 is 1.17 bits per heavy atom. The maximum absolute atomic E-state index is 7.50. The Bertz CT molecular complexity index is 3830. The Morgan fingerprint density at radius 3 is 1.77 bits per heavy atom. The quantitative estimate of drug-likeness (QED) is 0.145. The minimum absolute atomic E-state index is 0.0452. The minimum Gasteiger partial charge on any atom is -0.457 e. The molecule has 1 atom stereocenters. The number of fused-ring (bicyclic) bond motifs is 5. The molecule has 398 valence electrons. The van der Waals surface area contributed by atoms with Crippen LogP contribution in [0.1, 0.15) is 174 Å². The molecule has 0 bridgehead atoms. The van der Waals surface area contributed by atoms with Gasteiger partial charge < -0.3 is 9.64 Å². The minimum atomic E-state index is -0.620. The van der Waals surface area contributed by atoms with Crippen LogP contribution in [0, 0.1) is 34.6 Å². The first-order chi connectivity index (χ1) is 36.7. The van der Waals surface area contributed by atoms with E-state index >= 15 is 0 Å². The average Bonchev–Trinajstić information content (AvgIpc) is 3.74. The first kappa shape index (κ1) is 52.8. The standard InChI is InChI=1S/C73H80N4O/c1-43(2)51-35-54(69(8,9)10)39-56(36-51)77-67(75-72(16,17)73(77,18)65(49-25-21-19-22-26-49)50-27-23-20-24-28-50)53-34-52(63-47(6)31-44(3)32-48(63)7)37-57(38-53)78-62-42-61-58(33-46(62)5)59-40-55(70(11,12)13)41-60-66(59)76(61)68-64(71(60,14)15)45(4)29-30-74-68/h19-43,65H,1-18H3/t73-/m0/s1. The molecule has 78 heavy (non-hydrogen) atoms. The highest BCUT2D eigenvalue weighted by Crippen LogP contribution is 2.55. The number of hydrogen-bond acceptors (Lipinski definition) is 4. The van der Waals surface area contributed by atoms with Gasteiger partial charge >= 0.3 is 0 Å². The second kappa shape index (κ2) is 18.4. The van der Waals surface area contributed by atoms with E-state index in [1.807, 2.05) is 6.20 Å². The van der Waals surface area contributed by atoms with Crippen molar-refractivity contribution in [1.82, 2.24) is 9.55 Å². The van der Waals surface area contributed by atoms with Crippen LogP contribution in [0.2, 0.25) is 0 Å². The van der Waals surface area contributed by atoms with E-state index in [0.717, 1.165) is 51.0 Å². The Morgan fingerprint density at radius 1 is 0.564 bits per heavy atom. The summed E-state index contributed by atoms with van der Waals surface area (Å²) in [5, 5.41) is 2.46. The lowest BCUT2D eigenvalue weighted by Crippen LogP contribution is -2.60. The van der Waals surface area contributed by atoms with Crippen molar-refractivity contribution >= 4 is 33.3 Å². The first-order valence-electron chi connectivity index (χ1n) is 28.4. The molecule has 2 aliphatic heterocycles. The number of rotatable bonds is 9. The van der Waals surface area contributed by atoms with Crippen LogP contribution in [-0.2, 0) is 16.2 Å². The zero-order valence-electron chi connectivity index (χ0n) is 49.7. The fraction of sp³-hybridized carbons (Fsp3) is 0.342. The van der Waals surface area contributed by atoms with Gasteiger partial charge in [0.2, 0.25) is 0 Å². The third kappa shape index (κ3) is 8.50. The van der Waals surface area contributed by atoms with E-state index in [4.69, 9.17) is 14.7 Å². The van der Waals surface area contributed by atoms with E-state index < -0.39 is 11.1 Å². The van der Waals surface area contributed by atoms with Crippen molar-refractivity contribution in [3.8, 4) is 28.4 Å². The van der Waals surface area contributed by atoms with Crippen molar-refractivity contribution in [3.05, 3.63) is 218 Å². The molecule has 0 N–H and O–H groups in total. The van der Waals surface area contributed by atoms with E-state index in [9.17, 15) is 0 Å². The molecular weight excluding hydrogens is 949 g/mol. The van der Waals surface area contributed by atoms with Crippen molar-refractivity contribution in [2.24, 2.45) is 4.99 Å². The number of anilines is 1. The number of aryl methyl sites for hydroxylation is 5. The molecule has 0 aliphatic carbocycles. The van der Waals surface area contributed by atoms with E-state index in [1.165, 1.54) is 83.1 Å². The maximum atomic E-state index is 7.50. The summed E-state index contributed by atoms with van der Waals surface area (Å²) in [5.41, 5.74) is 20.2. The summed E-state index contributed by atoms with van der Waals surface area (Å²) >= 11 is 0. The highest BCUT2D eigenvalue weighted by atomic mass is 16.5. The smallest absolute Gasteiger partial charge is 0.141 e. The molecule has 2 aliphatic rings. The molecule has 0 spiro atoms. The highest BCUT2D eigenvalue weighted by Gasteiger charge is 2.58. The molecular formula is C73H80N4O. The zero-order valence-corrected chi connectivity index (χ0v) is 49.7. The van der Waals surface area contributed by atoms with Crippen LogP contribution in [0.4, 0.5) is 5.69 Å². The molecule has 2 aromatic heterocycles. The summed E-state index contributed by atoms with van der Waals surface area (Å²) in [6, 6.07) is 52.7. The van der Waals surface area contributed by atoms with Crippen LogP contribution < -0.4 is 9.64 Å². The third-order valence-electron chi connectivity index (χ3n) is 17.9. The summed E-state index contributed by atoms with van der Waals surface area (Å²) in [4.78, 5) is 13.9. The van der Waals surface area contributed by atoms with Crippen LogP contribution >= 0.6 is 0 Å². The summed E-state index contributed by atoms with van der Waals surface area (Å²) in [7, 11) is 0. The number of benzene rings is 7. The SMILES string of the molecule is Cc1cc(C)c(-c2cc(Oc3cc4c(cc3C)c3cc(C(C)(C)C)cc5c3n4-c3nccc(C)c3C5(C)C)cc(C3=NC(C)(C)[C@](C)(C(c4ccccc4)c4ccccc4)N3c3cc(C(C)C)cc(C(C)(C)C)c3)c2)c(C)c1. The van der Waals surface area contributed by atoms with Gasteiger partial charge in [0, 0.05) is 51.2 Å². The predicted molar refractivity (Wildman–Crippen MR) is 330 cm³/mol. The zero-order chi connectivity index (χ0) is 55.8. The van der Waals surface area contributed by atoms with Gasteiger partial charge in [0.25, 0.3) is 0 Å². The van der Waals surface area contributed by atoms with Gasteiger partial charge in [-0.3, -0.25) is 9.56 Å². The van der Waals surface area contributed by atoms with Crippen LogP contribution in [0.3, 0.4) is 0 Å². The molecule has 9 aromatic rings. The molecule has 11 rings (SSSR count). The summed E-state index contributed by atoms with van der Waals surface area (Å²) in [5.74, 6) is 3.72. The molecule has 0 radical (unpaired) electrons. The fourth-order valence-electron chi connectivity index (χ4n) is 13.5. The van der Waals surface area contributed by atoms with Crippen molar-refractivity contribution < 1.29 is 4.74 Å². The highest BCUT2D eigenvalue weighted by molar-refractivity contribution is 6.15. The van der Waals surface area contributed by atoms with Gasteiger partial charge in [0.1, 0.15) is 23.2 Å². The van der Waals surface area contributed by atoms with Gasteiger partial charge in [-0.2, -0.15) is 0 Å². The van der Waals surface area contributed by atoms with Crippen molar-refractivity contribution in [3.63, 3.8) is 0 Å². The van der Waals surface area contributed by atoms with Gasteiger partial charge in [-0.1, -0.05) is 160 Å². The van der Waals surface area contributed by atoms with Gasteiger partial charge in [-0.25, -0.2) is 4.98 Å². The average molecular weight is 1030 g/mol. The van der Waals surface area contributed by atoms with Crippen LogP contribution in [0.5, 0.6) is 11.5 Å². The van der Waals surface area contributed by atoms with Crippen LogP contribution in [0.25, 0.3) is 38.8 Å². The number of pyridine rings is 1. The van der Waals surface area contributed by atoms with Gasteiger partial charge in [0.05, 0.1) is 22.1 Å². The Kier molecular flexibility index (Phi) is 12.5. The summed E-state index contributed by atoms with van der Waals surface area (Å²) in [6.07, 6.45) is 1.97. The summed E-state index contributed by atoms with van der Waals surface area (Å²) in [6.45, 7) is 41.6. The molecule has 7 aromatic carbocycles. The Hall–Kier alpha value is -7.24.